The molecule has 0 aliphatic carbocycles. The maximum absolute atomic E-state index is 13.2. The predicted octanol–water partition coefficient (Wildman–Crippen LogP) is 5.14. The lowest BCUT2D eigenvalue weighted by Gasteiger charge is -2.13. The van der Waals surface area contributed by atoms with Crippen molar-refractivity contribution in [3.8, 4) is 16.8 Å². The number of nitrogens with zero attached hydrogens (tertiary/aromatic N) is 3. The first-order valence-electron chi connectivity index (χ1n) is 11.5. The van der Waals surface area contributed by atoms with E-state index in [1.165, 1.54) is 28.5 Å². The largest absolute Gasteiger partial charge is 0.397 e. The van der Waals surface area contributed by atoms with Gasteiger partial charge in [-0.25, -0.2) is 4.98 Å². The Morgan fingerprint density at radius 2 is 1.83 bits per heavy atom. The minimum Gasteiger partial charge on any atom is -0.397 e. The molecule has 0 fully saturated rings. The molecule has 2 aromatic carbocycles. The van der Waals surface area contributed by atoms with E-state index in [9.17, 15) is 9.59 Å². The lowest BCUT2D eigenvalue weighted by atomic mass is 9.92. The number of Topliss-reactive ketones (excluding diaryl/α,β-unsaturated/α-hetero) is 1. The van der Waals surface area contributed by atoms with Crippen LogP contribution in [0.3, 0.4) is 0 Å². The first-order chi connectivity index (χ1) is 17.4. The number of hydrogen-bond donors (Lipinski definition) is 2. The van der Waals surface area contributed by atoms with Crippen molar-refractivity contribution in [2.75, 3.05) is 11.1 Å². The Hall–Kier alpha value is -4.37. The zero-order chi connectivity index (χ0) is 25.4. The number of carbonyl (C=O) groups excluding carboxylic acids is 2. The molecule has 3 heterocycles. The minimum atomic E-state index is -0.443. The van der Waals surface area contributed by atoms with Gasteiger partial charge in [0.2, 0.25) is 11.0 Å². The number of nitrogens with two attached hydrogens (primary N) is 1. The smallest absolute Gasteiger partial charge is 0.303 e. The molecule has 5 aromatic rings. The van der Waals surface area contributed by atoms with Gasteiger partial charge in [-0.3, -0.25) is 19.4 Å². The number of para-hydroxylation sites is 1. The molecule has 3 aromatic heterocycles. The van der Waals surface area contributed by atoms with E-state index in [4.69, 9.17) is 10.3 Å². The van der Waals surface area contributed by atoms with Gasteiger partial charge in [-0.2, -0.15) is 0 Å². The van der Waals surface area contributed by atoms with Gasteiger partial charge in [-0.15, -0.1) is 11.3 Å². The van der Waals surface area contributed by atoms with E-state index in [0.29, 0.717) is 27.0 Å². The number of carbonyl (C=O) groups is 2. The van der Waals surface area contributed by atoms with Crippen LogP contribution in [0, 0.1) is 6.92 Å². The highest BCUT2D eigenvalue weighted by molar-refractivity contribution is 7.21. The Balaban J connectivity index is 1.58. The van der Waals surface area contributed by atoms with Crippen LogP contribution in [0.25, 0.3) is 27.0 Å². The Kier molecular flexibility index (Phi) is 6.07. The van der Waals surface area contributed by atoms with Crippen molar-refractivity contribution in [1.82, 2.24) is 10.3 Å². The number of pyridine rings is 1. The lowest BCUT2D eigenvalue weighted by Crippen LogP contribution is -2.31. The van der Waals surface area contributed by atoms with Crippen LogP contribution < -0.4 is 15.7 Å². The first-order valence-corrected chi connectivity index (χ1v) is 12.3. The molecule has 5 rings (SSSR count). The topological polar surface area (TPSA) is 115 Å². The fourth-order valence-corrected chi connectivity index (χ4v) is 5.28. The predicted molar refractivity (Wildman–Crippen MR) is 140 cm³/mol. The highest BCUT2D eigenvalue weighted by Gasteiger charge is 2.26. The van der Waals surface area contributed by atoms with E-state index >= 15 is 0 Å². The maximum Gasteiger partial charge on any atom is 0.303 e. The third-order valence-corrected chi connectivity index (χ3v) is 7.09. The third kappa shape index (κ3) is 4.14. The van der Waals surface area contributed by atoms with Gasteiger partial charge in [-0.05, 0) is 36.1 Å². The number of thiophene rings is 1. The zero-order valence-corrected chi connectivity index (χ0v) is 20.8. The monoisotopic (exact) mass is 498 g/mol. The Morgan fingerprint density at radius 1 is 1.11 bits per heavy atom. The molecule has 8 nitrogen and oxygen atoms in total. The highest BCUT2D eigenvalue weighted by atomic mass is 32.1. The van der Waals surface area contributed by atoms with Crippen LogP contribution in [-0.4, -0.2) is 21.9 Å². The summed E-state index contributed by atoms with van der Waals surface area (Å²) in [5.74, 6) is -0.383. The molecule has 0 unspecified atom stereocenters. The molecule has 0 saturated heterocycles. The zero-order valence-electron chi connectivity index (χ0n) is 20.0. The van der Waals surface area contributed by atoms with Gasteiger partial charge >= 0.3 is 5.88 Å². The summed E-state index contributed by atoms with van der Waals surface area (Å²) in [4.78, 5) is 31.4. The van der Waals surface area contributed by atoms with E-state index in [0.717, 1.165) is 17.7 Å². The van der Waals surface area contributed by atoms with Crippen LogP contribution in [0.4, 0.5) is 11.6 Å². The standard InChI is InChI=1S/C27H23N5O3S/c1-4-17-10-12-18(13-11-17)22-21(16(3)33)15(2)29-27-23(22)24(28)25(36-27)26(34)30-20-14-32(31-35-20)19-8-6-5-7-9-19/h5-14H,4H2,1-3H3,(H2-,28,30,31,34)/p+1. The molecule has 0 aliphatic rings. The van der Waals surface area contributed by atoms with Crippen molar-refractivity contribution >= 4 is 44.8 Å². The summed E-state index contributed by atoms with van der Waals surface area (Å²) in [5.41, 5.74) is 11.4. The molecule has 1 amide bonds. The molecule has 0 atom stereocenters. The van der Waals surface area contributed by atoms with Crippen molar-refractivity contribution in [2.24, 2.45) is 0 Å². The molecule has 0 spiro atoms. The average molecular weight is 499 g/mol. The Bertz CT molecular complexity index is 1600. The Morgan fingerprint density at radius 3 is 2.50 bits per heavy atom. The van der Waals surface area contributed by atoms with Gasteiger partial charge in [0.25, 0.3) is 12.1 Å². The number of nitrogens with one attached hydrogen (secondary N) is 1. The van der Waals surface area contributed by atoms with Crippen LogP contribution >= 0.6 is 11.3 Å². The van der Waals surface area contributed by atoms with E-state index < -0.39 is 5.91 Å². The molecule has 3 N–H and O–H groups in total. The summed E-state index contributed by atoms with van der Waals surface area (Å²) in [5, 5.41) is 7.28. The van der Waals surface area contributed by atoms with E-state index in [-0.39, 0.29) is 22.2 Å². The number of benzene rings is 2. The van der Waals surface area contributed by atoms with Gasteiger partial charge < -0.3 is 5.73 Å². The normalized spacial score (nSPS) is 11.1. The maximum atomic E-state index is 13.2. The number of hydrogen-bond acceptors (Lipinski definition) is 7. The van der Waals surface area contributed by atoms with Crippen LogP contribution in [-0.2, 0) is 6.42 Å². The van der Waals surface area contributed by atoms with Crippen molar-refractivity contribution in [2.45, 2.75) is 27.2 Å². The molecule has 0 bridgehead atoms. The molecular weight excluding hydrogens is 474 g/mol. The number of amides is 1. The number of ketones is 1. The number of aromatic nitrogens is 3. The summed E-state index contributed by atoms with van der Waals surface area (Å²) < 4.78 is 6.81. The summed E-state index contributed by atoms with van der Waals surface area (Å²) >= 11 is 1.18. The second kappa shape index (κ2) is 9.35. The van der Waals surface area contributed by atoms with Crippen LogP contribution in [0.1, 0.15) is 45.1 Å². The van der Waals surface area contributed by atoms with Crippen molar-refractivity contribution < 1.29 is 18.8 Å². The van der Waals surface area contributed by atoms with Crippen LogP contribution in [0.5, 0.6) is 0 Å². The van der Waals surface area contributed by atoms with E-state index in [1.807, 2.05) is 54.6 Å². The van der Waals surface area contributed by atoms with E-state index in [1.54, 1.807) is 13.1 Å². The number of nitrogen functional groups attached to an aromatic ring is 1. The van der Waals surface area contributed by atoms with Crippen LogP contribution in [0.2, 0.25) is 0 Å². The Labute approximate surface area is 211 Å². The number of anilines is 2. The molecular formula is C27H24N5O3S+. The second-order valence-electron chi connectivity index (χ2n) is 8.38. The molecule has 0 radical (unpaired) electrons. The average Bonchev–Trinajstić information content (AvgIpc) is 3.48. The third-order valence-electron chi connectivity index (χ3n) is 5.99. The summed E-state index contributed by atoms with van der Waals surface area (Å²) in [7, 11) is 0. The minimum absolute atomic E-state index is 0.111. The van der Waals surface area contributed by atoms with Gasteiger partial charge in [0.1, 0.15) is 9.71 Å². The van der Waals surface area contributed by atoms with E-state index in [2.05, 4.69) is 22.5 Å². The number of aryl methyl sites for hydroxylation is 2. The molecule has 180 valence electrons. The lowest BCUT2D eigenvalue weighted by molar-refractivity contribution is -0.670. The summed E-state index contributed by atoms with van der Waals surface area (Å²) in [6.45, 7) is 5.40. The SMILES string of the molecule is CCc1ccc(-c2c(C(C)=O)c(C)nc3sc(C(=O)Nc4c[n+](-c5ccccc5)no4)c(N)c23)cc1. The second-order valence-corrected chi connectivity index (χ2v) is 9.38. The quantitative estimate of drug-likeness (QED) is 0.248. The summed E-state index contributed by atoms with van der Waals surface area (Å²) in [6.07, 6.45) is 2.48. The molecule has 0 saturated carbocycles. The highest BCUT2D eigenvalue weighted by Crippen LogP contribution is 2.42. The fourth-order valence-electron chi connectivity index (χ4n) is 4.23. The van der Waals surface area contributed by atoms with Crippen LogP contribution in [0.15, 0.2) is 65.3 Å². The first kappa shape index (κ1) is 23.4. The van der Waals surface area contributed by atoms with Gasteiger partial charge in [-0.1, -0.05) is 49.4 Å². The van der Waals surface area contributed by atoms with Crippen molar-refractivity contribution in [3.05, 3.63) is 82.5 Å². The summed E-state index contributed by atoms with van der Waals surface area (Å²) in [6, 6.07) is 17.4. The molecule has 9 heteroatoms. The molecule has 0 aliphatic heterocycles. The van der Waals surface area contributed by atoms with Crippen molar-refractivity contribution in [1.29, 1.82) is 0 Å². The van der Waals surface area contributed by atoms with Gasteiger partial charge in [0.05, 0.1) is 11.4 Å². The number of fused-ring (bicyclic) bond motifs is 1. The molecule has 36 heavy (non-hydrogen) atoms. The fraction of sp³-hybridized carbons (Fsp3) is 0.148. The number of rotatable bonds is 6. The van der Waals surface area contributed by atoms with Gasteiger partial charge in [0.15, 0.2) is 5.78 Å². The van der Waals surface area contributed by atoms with Gasteiger partial charge in [0, 0.05) is 28.6 Å². The van der Waals surface area contributed by atoms with Crippen molar-refractivity contribution in [3.63, 3.8) is 0 Å².